The first-order valence-electron chi connectivity index (χ1n) is 6.57. The number of hydrogen-bond acceptors (Lipinski definition) is 4. The number of pyridine rings is 1. The van der Waals surface area contributed by atoms with Gasteiger partial charge in [-0.25, -0.2) is 8.42 Å². The van der Waals surface area contributed by atoms with Gasteiger partial charge in [-0.05, 0) is 37.1 Å². The molecule has 1 aromatic carbocycles. The largest absolute Gasteiger partial charge is 0.480 e. The normalized spacial score (nSPS) is 13.0. The molecule has 0 bridgehead atoms. The number of carboxylic acid groups (broad SMARTS) is 1. The fraction of sp³-hybridized carbons (Fsp3) is 0.200. The van der Waals surface area contributed by atoms with Gasteiger partial charge in [-0.15, -0.1) is 6.58 Å². The summed E-state index contributed by atoms with van der Waals surface area (Å²) in [4.78, 5) is 15.3. The third-order valence-electron chi connectivity index (χ3n) is 3.20. The second-order valence-electron chi connectivity index (χ2n) is 4.82. The highest BCUT2D eigenvalue weighted by molar-refractivity contribution is 7.89. The molecule has 0 fully saturated rings. The van der Waals surface area contributed by atoms with Gasteiger partial charge in [0.15, 0.2) is 0 Å². The quantitative estimate of drug-likeness (QED) is 0.792. The highest BCUT2D eigenvalue weighted by Crippen LogP contribution is 2.25. The zero-order chi connectivity index (χ0) is 16.3. The van der Waals surface area contributed by atoms with Gasteiger partial charge in [0.2, 0.25) is 10.0 Å². The van der Waals surface area contributed by atoms with Crippen molar-refractivity contribution in [2.45, 2.75) is 24.3 Å². The number of fused-ring (bicyclic) bond motifs is 1. The lowest BCUT2D eigenvalue weighted by molar-refractivity contribution is -0.138. The van der Waals surface area contributed by atoms with Crippen LogP contribution in [0.25, 0.3) is 10.9 Å². The summed E-state index contributed by atoms with van der Waals surface area (Å²) in [6.45, 7) is 5.10. The number of aromatic nitrogens is 1. The number of carboxylic acids is 1. The smallest absolute Gasteiger partial charge is 0.322 e. The molecule has 22 heavy (non-hydrogen) atoms. The molecular weight excluding hydrogens is 304 g/mol. The fourth-order valence-electron chi connectivity index (χ4n) is 2.20. The number of rotatable bonds is 6. The molecule has 0 radical (unpaired) electrons. The number of nitrogens with zero attached hydrogens (tertiary/aromatic N) is 1. The molecule has 1 atom stereocenters. The Labute approximate surface area is 128 Å². The fourth-order valence-corrected chi connectivity index (χ4v) is 3.85. The molecule has 116 valence electrons. The molecule has 1 heterocycles. The number of hydrogen-bond donors (Lipinski definition) is 2. The molecule has 0 spiro atoms. The molecule has 7 heteroatoms. The minimum Gasteiger partial charge on any atom is -0.480 e. The molecule has 0 unspecified atom stereocenters. The summed E-state index contributed by atoms with van der Waals surface area (Å²) in [6, 6.07) is 5.40. The third kappa shape index (κ3) is 3.15. The first kappa shape index (κ1) is 16.1. The van der Waals surface area contributed by atoms with Crippen LogP contribution in [0.5, 0.6) is 0 Å². The SMILES string of the molecule is C=CC[C@@H](NS(=O)(=O)c1c(C)ccc2ncccc12)C(=O)O. The molecule has 1 aromatic heterocycles. The van der Waals surface area contributed by atoms with E-state index in [9.17, 15) is 13.2 Å². The van der Waals surface area contributed by atoms with E-state index in [2.05, 4.69) is 16.3 Å². The van der Waals surface area contributed by atoms with Crippen LogP contribution in [0.4, 0.5) is 0 Å². The van der Waals surface area contributed by atoms with Gasteiger partial charge >= 0.3 is 5.97 Å². The highest BCUT2D eigenvalue weighted by Gasteiger charge is 2.27. The lowest BCUT2D eigenvalue weighted by Gasteiger charge is -2.16. The molecule has 2 N–H and O–H groups in total. The Balaban J connectivity index is 2.56. The minimum atomic E-state index is -4.00. The summed E-state index contributed by atoms with van der Waals surface area (Å²) in [5.74, 6) is -1.25. The summed E-state index contributed by atoms with van der Waals surface area (Å²) < 4.78 is 27.5. The lowest BCUT2D eigenvalue weighted by Crippen LogP contribution is -2.40. The van der Waals surface area contributed by atoms with Crippen molar-refractivity contribution in [3.05, 3.63) is 48.7 Å². The molecular formula is C15H16N2O4S. The highest BCUT2D eigenvalue weighted by atomic mass is 32.2. The Morgan fingerprint density at radius 1 is 1.45 bits per heavy atom. The zero-order valence-electron chi connectivity index (χ0n) is 12.0. The first-order chi connectivity index (χ1) is 10.4. The predicted octanol–water partition coefficient (Wildman–Crippen LogP) is 1.85. The maximum atomic E-state index is 12.6. The van der Waals surface area contributed by atoms with Gasteiger partial charge in [-0.1, -0.05) is 12.1 Å². The second kappa shape index (κ2) is 6.25. The van der Waals surface area contributed by atoms with E-state index in [4.69, 9.17) is 5.11 Å². The van der Waals surface area contributed by atoms with Gasteiger partial charge in [0.1, 0.15) is 6.04 Å². The van der Waals surface area contributed by atoms with Gasteiger partial charge in [0.05, 0.1) is 10.4 Å². The van der Waals surface area contributed by atoms with Gasteiger partial charge in [-0.2, -0.15) is 4.72 Å². The van der Waals surface area contributed by atoms with Crippen LogP contribution in [0.15, 0.2) is 48.0 Å². The van der Waals surface area contributed by atoms with Gasteiger partial charge in [-0.3, -0.25) is 9.78 Å². The summed E-state index contributed by atoms with van der Waals surface area (Å²) >= 11 is 0. The number of aliphatic carboxylic acids is 1. The van der Waals surface area contributed by atoms with E-state index >= 15 is 0 Å². The first-order valence-corrected chi connectivity index (χ1v) is 8.05. The number of sulfonamides is 1. The van der Waals surface area contributed by atoms with Crippen LogP contribution < -0.4 is 4.72 Å². The molecule has 2 aromatic rings. The average Bonchev–Trinajstić information content (AvgIpc) is 2.46. The topological polar surface area (TPSA) is 96.4 Å². The van der Waals surface area contributed by atoms with Gasteiger partial charge in [0, 0.05) is 11.6 Å². The monoisotopic (exact) mass is 320 g/mol. The molecule has 0 saturated carbocycles. The van der Waals surface area contributed by atoms with Gasteiger partial charge in [0.25, 0.3) is 0 Å². The Morgan fingerprint density at radius 3 is 2.82 bits per heavy atom. The number of nitrogens with one attached hydrogen (secondary N) is 1. The van der Waals surface area contributed by atoms with Crippen LogP contribution >= 0.6 is 0 Å². The zero-order valence-corrected chi connectivity index (χ0v) is 12.8. The summed E-state index contributed by atoms with van der Waals surface area (Å²) in [7, 11) is -4.00. The molecule has 6 nitrogen and oxygen atoms in total. The Bertz CT molecular complexity index is 831. The van der Waals surface area contributed by atoms with Crippen molar-refractivity contribution in [3.63, 3.8) is 0 Å². The van der Waals surface area contributed by atoms with E-state index in [0.717, 1.165) is 0 Å². The minimum absolute atomic E-state index is 0.00335. The molecule has 0 aliphatic carbocycles. The average molecular weight is 320 g/mol. The van der Waals surface area contributed by atoms with Crippen molar-refractivity contribution < 1.29 is 18.3 Å². The maximum Gasteiger partial charge on any atom is 0.322 e. The Morgan fingerprint density at radius 2 is 2.18 bits per heavy atom. The molecule has 0 aliphatic heterocycles. The molecule has 2 rings (SSSR count). The second-order valence-corrected chi connectivity index (χ2v) is 6.47. The van der Waals surface area contributed by atoms with Crippen molar-refractivity contribution in [1.82, 2.24) is 9.71 Å². The molecule has 0 aliphatic rings. The third-order valence-corrected chi connectivity index (χ3v) is 4.87. The van der Waals surface area contributed by atoms with E-state index < -0.39 is 22.0 Å². The van der Waals surface area contributed by atoms with E-state index in [-0.39, 0.29) is 11.3 Å². The van der Waals surface area contributed by atoms with Crippen molar-refractivity contribution in [2.75, 3.05) is 0 Å². The lowest BCUT2D eigenvalue weighted by atomic mass is 10.1. The molecule has 0 saturated heterocycles. The van der Waals surface area contributed by atoms with Gasteiger partial charge < -0.3 is 5.11 Å². The van der Waals surface area contributed by atoms with E-state index in [1.54, 1.807) is 37.4 Å². The van der Waals surface area contributed by atoms with Crippen molar-refractivity contribution in [3.8, 4) is 0 Å². The number of aryl methyl sites for hydroxylation is 1. The standard InChI is InChI=1S/C15H16N2O4S/c1-3-5-13(15(18)19)17-22(20,21)14-10(2)7-8-12-11(14)6-4-9-16-12/h3-4,6-9,13,17H,1,5H2,2H3,(H,18,19)/t13-/m1/s1. The summed E-state index contributed by atoms with van der Waals surface area (Å²) in [5.41, 5.74) is 1.06. The van der Waals surface area contributed by atoms with Crippen LogP contribution in [0.3, 0.4) is 0 Å². The molecule has 0 amide bonds. The summed E-state index contributed by atoms with van der Waals surface area (Å²) in [6.07, 6.45) is 2.93. The van der Waals surface area contributed by atoms with Crippen LogP contribution in [-0.4, -0.2) is 30.5 Å². The van der Waals surface area contributed by atoms with Crippen LogP contribution in [0, 0.1) is 6.92 Å². The van der Waals surface area contributed by atoms with Crippen LogP contribution in [-0.2, 0) is 14.8 Å². The predicted molar refractivity (Wildman–Crippen MR) is 83.0 cm³/mol. The van der Waals surface area contributed by atoms with Crippen molar-refractivity contribution in [2.24, 2.45) is 0 Å². The Hall–Kier alpha value is -2.25. The van der Waals surface area contributed by atoms with E-state index in [1.807, 2.05) is 0 Å². The number of benzene rings is 1. The maximum absolute atomic E-state index is 12.6. The summed E-state index contributed by atoms with van der Waals surface area (Å²) in [5, 5.41) is 9.57. The number of carbonyl (C=O) groups is 1. The van der Waals surface area contributed by atoms with E-state index in [0.29, 0.717) is 16.5 Å². The van der Waals surface area contributed by atoms with Crippen molar-refractivity contribution >= 4 is 26.9 Å². The van der Waals surface area contributed by atoms with Crippen LogP contribution in [0.2, 0.25) is 0 Å². The van der Waals surface area contributed by atoms with E-state index in [1.165, 1.54) is 6.08 Å². The Kier molecular flexibility index (Phi) is 4.58. The van der Waals surface area contributed by atoms with Crippen LogP contribution in [0.1, 0.15) is 12.0 Å². The van der Waals surface area contributed by atoms with Crippen molar-refractivity contribution in [1.29, 1.82) is 0 Å².